The van der Waals surface area contributed by atoms with Crippen LogP contribution in [0.1, 0.15) is 31.7 Å². The third-order valence-electron chi connectivity index (χ3n) is 6.65. The number of thiazole rings is 1. The summed E-state index contributed by atoms with van der Waals surface area (Å²) >= 11 is 1.33. The molecular weight excluding hydrogens is 413 g/mol. The smallest absolute Gasteiger partial charge is 0.279 e. The number of benzene rings is 2. The lowest BCUT2D eigenvalue weighted by Gasteiger charge is -2.39. The summed E-state index contributed by atoms with van der Waals surface area (Å²) in [4.78, 5) is 18.5. The van der Waals surface area contributed by atoms with E-state index in [2.05, 4.69) is 21.3 Å². The van der Waals surface area contributed by atoms with Gasteiger partial charge in [-0.15, -0.1) is 0 Å². The van der Waals surface area contributed by atoms with Gasteiger partial charge in [0, 0.05) is 37.5 Å². The van der Waals surface area contributed by atoms with Gasteiger partial charge in [0.05, 0.1) is 15.8 Å². The average Bonchev–Trinajstić information content (AvgIpc) is 3.13. The lowest BCUT2D eigenvalue weighted by atomic mass is 9.94. The van der Waals surface area contributed by atoms with Gasteiger partial charge < -0.3 is 15.0 Å². The number of halogens is 1. The van der Waals surface area contributed by atoms with Gasteiger partial charge in [0.25, 0.3) is 5.19 Å². The number of nitrogens with zero attached hydrogens (tertiary/aromatic N) is 2. The van der Waals surface area contributed by atoms with E-state index >= 15 is 0 Å². The predicted molar refractivity (Wildman–Crippen MR) is 117 cm³/mol. The van der Waals surface area contributed by atoms with Gasteiger partial charge in [-0.2, -0.15) is 0 Å². The van der Waals surface area contributed by atoms with Gasteiger partial charge >= 0.3 is 0 Å². The minimum atomic E-state index is -0.271. The van der Waals surface area contributed by atoms with E-state index < -0.39 is 0 Å². The van der Waals surface area contributed by atoms with Crippen molar-refractivity contribution in [2.45, 2.75) is 44.3 Å². The lowest BCUT2D eigenvalue weighted by molar-refractivity contribution is -0.130. The summed E-state index contributed by atoms with van der Waals surface area (Å²) in [6.45, 7) is 2.46. The third-order valence-corrected chi connectivity index (χ3v) is 7.55. The second kappa shape index (κ2) is 6.87. The molecule has 1 saturated heterocycles. The summed E-state index contributed by atoms with van der Waals surface area (Å²) < 4.78 is 20.0. The molecule has 3 atom stereocenters. The molecule has 5 nitrogen and oxygen atoms in total. The summed E-state index contributed by atoms with van der Waals surface area (Å²) in [5, 5.41) is 4.18. The van der Waals surface area contributed by atoms with Crippen molar-refractivity contribution in [1.82, 2.24) is 15.2 Å². The molecule has 31 heavy (non-hydrogen) atoms. The molecule has 1 saturated carbocycles. The van der Waals surface area contributed by atoms with E-state index in [0.717, 1.165) is 36.0 Å². The fraction of sp³-hybridized carbons (Fsp3) is 0.333. The molecule has 2 fully saturated rings. The van der Waals surface area contributed by atoms with E-state index in [9.17, 15) is 9.18 Å². The molecule has 1 aromatic heterocycles. The van der Waals surface area contributed by atoms with E-state index in [4.69, 9.17) is 4.74 Å². The van der Waals surface area contributed by atoms with Crippen molar-refractivity contribution < 1.29 is 13.9 Å². The van der Waals surface area contributed by atoms with Gasteiger partial charge in [0.1, 0.15) is 11.6 Å². The van der Waals surface area contributed by atoms with Crippen LogP contribution in [-0.2, 0) is 11.3 Å². The van der Waals surface area contributed by atoms with Gasteiger partial charge in [0.2, 0.25) is 5.91 Å². The molecule has 7 heteroatoms. The standard InChI is InChI=1S/C24H22FN3O2S/c1-14(29)28-19-8-16-11-24(16,28)12-18(10-19)26-13-15-2-5-20(6-3-15)30-23-27-21-7-4-17(25)9-22(21)31-23/h2-9,16,18,26H,10-13H2,1H3/t16-,18+,24-/m1/s1. The first-order chi connectivity index (χ1) is 15.0. The van der Waals surface area contributed by atoms with Crippen LogP contribution >= 0.6 is 11.3 Å². The average molecular weight is 436 g/mol. The summed E-state index contributed by atoms with van der Waals surface area (Å²) in [5.74, 6) is 1.18. The molecule has 3 aliphatic rings. The molecule has 0 unspecified atom stereocenters. The molecule has 6 rings (SSSR count). The van der Waals surface area contributed by atoms with Crippen molar-refractivity contribution in [3.8, 4) is 10.9 Å². The van der Waals surface area contributed by atoms with Crippen molar-refractivity contribution in [2.75, 3.05) is 0 Å². The molecule has 2 bridgehead atoms. The fourth-order valence-electron chi connectivity index (χ4n) is 5.24. The van der Waals surface area contributed by atoms with Crippen LogP contribution in [-0.4, -0.2) is 27.4 Å². The number of fused-ring (bicyclic) bond motifs is 2. The van der Waals surface area contributed by atoms with Crippen LogP contribution in [0.15, 0.2) is 54.2 Å². The first kappa shape index (κ1) is 19.0. The van der Waals surface area contributed by atoms with E-state index in [1.54, 1.807) is 13.0 Å². The highest BCUT2D eigenvalue weighted by Crippen LogP contribution is 2.62. The van der Waals surface area contributed by atoms with Crippen molar-refractivity contribution >= 4 is 27.5 Å². The number of amides is 1. The largest absolute Gasteiger partial charge is 0.431 e. The summed E-state index contributed by atoms with van der Waals surface area (Å²) in [5.41, 5.74) is 3.18. The van der Waals surface area contributed by atoms with Gasteiger partial charge in [-0.1, -0.05) is 29.5 Å². The van der Waals surface area contributed by atoms with E-state index in [1.807, 2.05) is 24.3 Å². The molecule has 2 aliphatic heterocycles. The number of carbonyl (C=O) groups is 1. The zero-order chi connectivity index (χ0) is 21.2. The van der Waals surface area contributed by atoms with Crippen molar-refractivity contribution in [1.29, 1.82) is 0 Å². The molecule has 3 heterocycles. The Morgan fingerprint density at radius 1 is 1.29 bits per heavy atom. The Morgan fingerprint density at radius 3 is 2.90 bits per heavy atom. The number of carbonyl (C=O) groups excluding carboxylic acids is 1. The number of rotatable bonds is 5. The number of aromatic nitrogens is 1. The van der Waals surface area contributed by atoms with Crippen LogP contribution in [0.25, 0.3) is 10.2 Å². The Labute approximate surface area is 183 Å². The lowest BCUT2D eigenvalue weighted by Crippen LogP contribution is -2.49. The van der Waals surface area contributed by atoms with Crippen LogP contribution in [0.5, 0.6) is 10.9 Å². The van der Waals surface area contributed by atoms with Crippen LogP contribution in [0, 0.1) is 11.7 Å². The number of piperidine rings is 1. The van der Waals surface area contributed by atoms with Crippen molar-refractivity contribution in [2.24, 2.45) is 5.92 Å². The molecule has 1 spiro atoms. The maximum Gasteiger partial charge on any atom is 0.279 e. The maximum absolute atomic E-state index is 13.4. The van der Waals surface area contributed by atoms with Crippen LogP contribution < -0.4 is 10.1 Å². The summed E-state index contributed by atoms with van der Waals surface area (Å²) in [6, 6.07) is 12.9. The van der Waals surface area contributed by atoms with Crippen LogP contribution in [0.3, 0.4) is 0 Å². The Kier molecular flexibility index (Phi) is 4.20. The number of hydrogen-bond acceptors (Lipinski definition) is 5. The van der Waals surface area contributed by atoms with Gasteiger partial charge in [-0.05, 0) is 48.7 Å². The maximum atomic E-state index is 13.4. The second-order valence-electron chi connectivity index (χ2n) is 8.75. The Hall–Kier alpha value is -2.77. The monoisotopic (exact) mass is 435 g/mol. The van der Waals surface area contributed by atoms with Gasteiger partial charge in [0.15, 0.2) is 0 Å². The Balaban J connectivity index is 1.08. The topological polar surface area (TPSA) is 54.5 Å². The predicted octanol–water partition coefficient (Wildman–Crippen LogP) is 4.98. The van der Waals surface area contributed by atoms with E-state index in [-0.39, 0.29) is 17.3 Å². The SMILES string of the molecule is CC(=O)N1C2=C[C@@H]3C[C@@]31C[C@@H](NCc1ccc(Oc3nc4ccc(F)cc4s3)cc1)C2. The summed E-state index contributed by atoms with van der Waals surface area (Å²) in [7, 11) is 0. The first-order valence-corrected chi connectivity index (χ1v) is 11.4. The number of nitrogens with one attached hydrogen (secondary N) is 1. The summed E-state index contributed by atoms with van der Waals surface area (Å²) in [6.07, 6.45) is 5.36. The molecule has 3 aromatic rings. The van der Waals surface area contributed by atoms with Crippen LogP contribution in [0.2, 0.25) is 0 Å². The van der Waals surface area contributed by atoms with Gasteiger partial charge in [-0.25, -0.2) is 9.37 Å². The first-order valence-electron chi connectivity index (χ1n) is 10.6. The molecule has 1 N–H and O–H groups in total. The minimum absolute atomic E-state index is 0.0644. The third kappa shape index (κ3) is 3.23. The molecule has 2 aromatic carbocycles. The normalized spacial score (nSPS) is 26.0. The highest BCUT2D eigenvalue weighted by molar-refractivity contribution is 7.20. The zero-order valence-electron chi connectivity index (χ0n) is 17.1. The van der Waals surface area contributed by atoms with Crippen LogP contribution in [0.4, 0.5) is 4.39 Å². The number of ether oxygens (including phenoxy) is 1. The van der Waals surface area contributed by atoms with Crippen molar-refractivity contribution in [3.05, 3.63) is 65.6 Å². The Morgan fingerprint density at radius 2 is 2.13 bits per heavy atom. The molecule has 1 amide bonds. The highest BCUT2D eigenvalue weighted by atomic mass is 32.1. The second-order valence-corrected chi connectivity index (χ2v) is 9.74. The van der Waals surface area contributed by atoms with Gasteiger partial charge in [-0.3, -0.25) is 4.79 Å². The molecule has 0 radical (unpaired) electrons. The van der Waals surface area contributed by atoms with E-state index in [1.165, 1.54) is 34.7 Å². The zero-order valence-corrected chi connectivity index (χ0v) is 17.9. The fourth-order valence-corrected chi connectivity index (χ4v) is 6.10. The molecular formula is C24H22FN3O2S. The quantitative estimate of drug-likeness (QED) is 0.614. The number of hydrogen-bond donors (Lipinski definition) is 1. The highest BCUT2D eigenvalue weighted by Gasteiger charge is 2.65. The Bertz CT molecular complexity index is 1220. The minimum Gasteiger partial charge on any atom is -0.431 e. The van der Waals surface area contributed by atoms with E-state index in [0.29, 0.717) is 22.9 Å². The van der Waals surface area contributed by atoms with Crippen molar-refractivity contribution in [3.63, 3.8) is 0 Å². The molecule has 1 aliphatic carbocycles. The molecule has 158 valence electrons.